The Morgan fingerprint density at radius 2 is 0.950 bits per heavy atom. The van der Waals surface area contributed by atoms with Gasteiger partial charge in [-0.1, -0.05) is 152 Å². The summed E-state index contributed by atoms with van der Waals surface area (Å²) in [4.78, 5) is 23.1. The fourth-order valence-corrected chi connectivity index (χ4v) is 7.84. The molecule has 13 heteroatoms. The fraction of sp³-hybridized carbons (Fsp3) is 0.809. The average Bonchev–Trinajstić information content (AvgIpc) is 3.23. The number of phosphoric acid groups is 1. The van der Waals surface area contributed by atoms with E-state index in [-0.39, 0.29) is 13.0 Å². The summed E-state index contributed by atoms with van der Waals surface area (Å²) in [5.41, 5.74) is 0. The maximum Gasteiger partial charge on any atom is 0.472 e. The van der Waals surface area contributed by atoms with E-state index in [2.05, 4.69) is 62.5 Å². The molecule has 0 radical (unpaired) electrons. The molecule has 0 aromatic rings. The highest BCUT2D eigenvalue weighted by Crippen LogP contribution is 2.47. The van der Waals surface area contributed by atoms with Gasteiger partial charge in [-0.25, -0.2) is 4.57 Å². The van der Waals surface area contributed by atoms with Gasteiger partial charge in [0.05, 0.1) is 13.2 Å². The van der Waals surface area contributed by atoms with Crippen LogP contribution in [0.4, 0.5) is 0 Å². The Morgan fingerprint density at radius 3 is 1.48 bits per heavy atom. The number of hydrogen-bond acceptors (Lipinski definition) is 11. The Bertz CT molecular complexity index is 1180. The van der Waals surface area contributed by atoms with Gasteiger partial charge in [-0.3, -0.25) is 13.8 Å². The highest BCUT2D eigenvalue weighted by molar-refractivity contribution is 7.47. The van der Waals surface area contributed by atoms with Gasteiger partial charge in [0, 0.05) is 13.0 Å². The summed E-state index contributed by atoms with van der Waals surface area (Å²) in [5, 5.41) is 50.2. The predicted molar refractivity (Wildman–Crippen MR) is 239 cm³/mol. The molecular weight excluding hydrogens is 787 g/mol. The first-order valence-corrected chi connectivity index (χ1v) is 25.0. The minimum atomic E-state index is -5.02. The lowest BCUT2D eigenvalue weighted by molar-refractivity contribution is -0.220. The third kappa shape index (κ3) is 29.6. The van der Waals surface area contributed by atoms with Gasteiger partial charge in [-0.15, -0.1) is 0 Å². The van der Waals surface area contributed by atoms with Crippen LogP contribution in [0.1, 0.15) is 181 Å². The van der Waals surface area contributed by atoms with E-state index in [4.69, 9.17) is 18.5 Å². The highest BCUT2D eigenvalue weighted by Gasteiger charge is 2.51. The second-order valence-electron chi connectivity index (χ2n) is 16.2. The largest absolute Gasteiger partial charge is 0.472 e. The molecule has 1 aliphatic carbocycles. The van der Waals surface area contributed by atoms with Crippen molar-refractivity contribution in [2.75, 3.05) is 19.8 Å². The molecule has 6 N–H and O–H groups in total. The number of ether oxygens (including phenoxy) is 2. The number of hydrogen-bond donors (Lipinski definition) is 6. The van der Waals surface area contributed by atoms with E-state index in [1.54, 1.807) is 0 Å². The summed E-state index contributed by atoms with van der Waals surface area (Å²) in [5.74, 6) is -0.493. The second kappa shape index (κ2) is 37.8. The lowest BCUT2D eigenvalue weighted by atomic mass is 9.85. The molecular formula is C47H85O12P. The van der Waals surface area contributed by atoms with Crippen molar-refractivity contribution in [3.05, 3.63) is 48.6 Å². The molecule has 0 spiro atoms. The van der Waals surface area contributed by atoms with Crippen LogP contribution >= 0.6 is 7.82 Å². The van der Waals surface area contributed by atoms with Gasteiger partial charge in [-0.05, 0) is 70.6 Å². The van der Waals surface area contributed by atoms with Crippen molar-refractivity contribution >= 4 is 13.8 Å². The lowest BCUT2D eigenvalue weighted by Gasteiger charge is -2.41. The molecule has 0 saturated heterocycles. The molecule has 0 bridgehead atoms. The van der Waals surface area contributed by atoms with E-state index in [1.165, 1.54) is 64.2 Å². The summed E-state index contributed by atoms with van der Waals surface area (Å²) in [6.45, 7) is 4.18. The van der Waals surface area contributed by atoms with Gasteiger partial charge in [0.2, 0.25) is 0 Å². The quantitative estimate of drug-likeness (QED) is 0.0149. The van der Waals surface area contributed by atoms with Crippen molar-refractivity contribution in [3.8, 4) is 0 Å². The zero-order valence-electron chi connectivity index (χ0n) is 37.2. The number of phosphoric ester groups is 1. The van der Waals surface area contributed by atoms with Gasteiger partial charge in [0.25, 0.3) is 0 Å². The highest BCUT2D eigenvalue weighted by atomic mass is 31.2. The van der Waals surface area contributed by atoms with Crippen LogP contribution in [-0.2, 0) is 27.9 Å². The number of carbonyl (C=O) groups excluding carboxylic acids is 1. The van der Waals surface area contributed by atoms with E-state index in [0.717, 1.165) is 89.9 Å². The predicted octanol–water partition coefficient (Wildman–Crippen LogP) is 9.64. The molecule has 0 aromatic carbocycles. The van der Waals surface area contributed by atoms with E-state index >= 15 is 0 Å². The van der Waals surface area contributed by atoms with Gasteiger partial charge >= 0.3 is 13.8 Å². The summed E-state index contributed by atoms with van der Waals surface area (Å²) in [6.07, 6.45) is 33.2. The molecule has 60 heavy (non-hydrogen) atoms. The lowest BCUT2D eigenvalue weighted by Crippen LogP contribution is -2.64. The van der Waals surface area contributed by atoms with Crippen molar-refractivity contribution in [1.29, 1.82) is 0 Å². The molecule has 6 unspecified atom stereocenters. The van der Waals surface area contributed by atoms with Gasteiger partial charge in [0.15, 0.2) is 0 Å². The number of esters is 1. The van der Waals surface area contributed by atoms with E-state index in [1.807, 2.05) is 0 Å². The van der Waals surface area contributed by atoms with Crippen molar-refractivity contribution in [3.63, 3.8) is 0 Å². The molecule has 0 heterocycles. The molecule has 0 aliphatic heterocycles. The number of carbonyl (C=O) groups is 1. The first-order valence-electron chi connectivity index (χ1n) is 23.5. The average molecular weight is 873 g/mol. The third-order valence-corrected chi connectivity index (χ3v) is 11.7. The van der Waals surface area contributed by atoms with Crippen LogP contribution in [0.15, 0.2) is 48.6 Å². The van der Waals surface area contributed by atoms with Crippen LogP contribution in [0.25, 0.3) is 0 Å². The van der Waals surface area contributed by atoms with Crippen LogP contribution in [0.2, 0.25) is 0 Å². The monoisotopic (exact) mass is 873 g/mol. The number of unbranched alkanes of at least 4 members (excludes halogenated alkanes) is 19. The first kappa shape index (κ1) is 56.3. The summed E-state index contributed by atoms with van der Waals surface area (Å²) < 4.78 is 34.1. The van der Waals surface area contributed by atoms with Crippen LogP contribution in [0.3, 0.4) is 0 Å². The van der Waals surface area contributed by atoms with E-state index in [0.29, 0.717) is 13.0 Å². The number of allylic oxidation sites excluding steroid dienone is 8. The smallest absolute Gasteiger partial charge is 0.457 e. The Labute approximate surface area is 363 Å². The Hall–Kier alpha value is -1.70. The van der Waals surface area contributed by atoms with Crippen LogP contribution in [0.5, 0.6) is 0 Å². The fourth-order valence-electron chi connectivity index (χ4n) is 6.87. The summed E-state index contributed by atoms with van der Waals surface area (Å²) >= 11 is 0. The van der Waals surface area contributed by atoms with Crippen LogP contribution in [-0.4, -0.2) is 98.9 Å². The van der Waals surface area contributed by atoms with E-state index < -0.39 is 63.1 Å². The van der Waals surface area contributed by atoms with Crippen LogP contribution in [0, 0.1) is 0 Å². The van der Waals surface area contributed by atoms with Gasteiger partial charge < -0.3 is 39.9 Å². The van der Waals surface area contributed by atoms with Crippen LogP contribution < -0.4 is 0 Å². The zero-order chi connectivity index (χ0) is 44.1. The SMILES string of the molecule is CCCC/C=C\CCCCCCCCOCC(COP(=O)(O)OC1C(O)C(O)C(O)C(O)C1O)OC(=O)CCCCCCCC/C=C\C/C=C\C/C=C\CCCCCCC. The normalized spacial score (nSPS) is 22.7. The molecule has 0 amide bonds. The zero-order valence-corrected chi connectivity index (χ0v) is 38.1. The topological polar surface area (TPSA) is 192 Å². The number of aliphatic hydroxyl groups excluding tert-OH is 5. The minimum Gasteiger partial charge on any atom is -0.457 e. The standard InChI is InChI=1S/C47H85O12P/c1-3-5-7-9-11-13-15-17-18-19-20-21-22-23-24-25-26-28-30-32-34-36-41(48)58-40(38-56-37-35-33-31-29-27-16-14-12-10-8-6-4-2)39-57-60(54,55)59-47-45(52)43(50)42(49)44(51)46(47)53/h10,12,15,17,19-20,22-23,40,42-47,49-53H,3-9,11,13-14,16,18,21,24-39H2,1-2H3,(H,54,55)/b12-10-,17-15-,20-19-,23-22-. The molecule has 0 aromatic heterocycles. The first-order chi connectivity index (χ1) is 29.0. The van der Waals surface area contributed by atoms with Gasteiger partial charge in [-0.2, -0.15) is 0 Å². The molecule has 1 rings (SSSR count). The third-order valence-electron chi connectivity index (χ3n) is 10.7. The number of rotatable bonds is 39. The van der Waals surface area contributed by atoms with Crippen molar-refractivity contribution in [2.45, 2.75) is 224 Å². The molecule has 350 valence electrons. The van der Waals surface area contributed by atoms with Crippen molar-refractivity contribution in [2.24, 2.45) is 0 Å². The molecule has 12 nitrogen and oxygen atoms in total. The second-order valence-corrected chi connectivity index (χ2v) is 17.7. The molecule has 1 saturated carbocycles. The Balaban J connectivity index is 2.38. The summed E-state index contributed by atoms with van der Waals surface area (Å²) in [6, 6.07) is 0. The molecule has 1 aliphatic rings. The number of aliphatic hydroxyl groups is 5. The van der Waals surface area contributed by atoms with Crippen molar-refractivity contribution in [1.82, 2.24) is 0 Å². The Morgan fingerprint density at radius 1 is 0.533 bits per heavy atom. The molecule has 6 atom stereocenters. The van der Waals surface area contributed by atoms with Gasteiger partial charge in [0.1, 0.15) is 42.7 Å². The summed E-state index contributed by atoms with van der Waals surface area (Å²) in [7, 11) is -5.02. The van der Waals surface area contributed by atoms with Crippen molar-refractivity contribution < 1.29 is 58.3 Å². The van der Waals surface area contributed by atoms with E-state index in [9.17, 15) is 39.8 Å². The maximum atomic E-state index is 12.8. The maximum absolute atomic E-state index is 12.8. The molecule has 1 fully saturated rings. The Kier molecular flexibility index (Phi) is 35.5. The minimum absolute atomic E-state index is 0.0875.